The summed E-state index contributed by atoms with van der Waals surface area (Å²) in [6.07, 6.45) is 25.4. The van der Waals surface area contributed by atoms with Gasteiger partial charge in [0.05, 0.1) is 26.7 Å². The molecular weight excluding hydrogens is 350 g/mol. The molecule has 0 radical (unpaired) electrons. The Kier molecular flexibility index (Phi) is 21.2. The SMILES string of the molecule is CCCCCCCCCC[N+](C)(CCCCCl)CCCCCCCCCC. The molecule has 1 nitrogen and oxygen atoms in total. The van der Waals surface area contributed by atoms with E-state index in [-0.39, 0.29) is 0 Å². The van der Waals surface area contributed by atoms with Crippen LogP contribution in [0.3, 0.4) is 0 Å². The zero-order valence-corrected chi connectivity index (χ0v) is 20.1. The third-order valence-electron chi connectivity index (χ3n) is 6.18. The van der Waals surface area contributed by atoms with Crippen molar-refractivity contribution in [1.82, 2.24) is 0 Å². The molecule has 0 rings (SSSR count). The Hall–Kier alpha value is 0.250. The van der Waals surface area contributed by atoms with Crippen LogP contribution in [0.4, 0.5) is 0 Å². The summed E-state index contributed by atoms with van der Waals surface area (Å²) in [5.41, 5.74) is 0. The van der Waals surface area contributed by atoms with Gasteiger partial charge in [0.15, 0.2) is 0 Å². The van der Waals surface area contributed by atoms with Crippen LogP contribution in [0.5, 0.6) is 0 Å². The Bertz CT molecular complexity index is 259. The molecule has 0 aliphatic rings. The van der Waals surface area contributed by atoms with Crippen LogP contribution < -0.4 is 0 Å². The molecule has 0 N–H and O–H groups in total. The van der Waals surface area contributed by atoms with Gasteiger partial charge in [0.25, 0.3) is 0 Å². The molecule has 0 aromatic heterocycles. The van der Waals surface area contributed by atoms with Gasteiger partial charge in [0.2, 0.25) is 0 Å². The molecular formula is C25H53ClN+. The molecule has 27 heavy (non-hydrogen) atoms. The van der Waals surface area contributed by atoms with E-state index >= 15 is 0 Å². The fraction of sp³-hybridized carbons (Fsp3) is 1.00. The molecule has 0 amide bonds. The zero-order chi connectivity index (χ0) is 20.1. The number of hydrogen-bond donors (Lipinski definition) is 0. The standard InChI is InChI=1S/C25H53ClN/c1-4-6-8-10-12-14-16-19-23-27(3,25-21-18-22-26)24-20-17-15-13-11-9-7-5-2/h4-25H2,1-3H3/q+1. The maximum Gasteiger partial charge on any atom is 0.0784 e. The fourth-order valence-corrected chi connectivity index (χ4v) is 4.37. The molecule has 0 unspecified atom stereocenters. The van der Waals surface area contributed by atoms with Crippen LogP contribution in [0.15, 0.2) is 0 Å². The smallest absolute Gasteiger partial charge is 0.0784 e. The van der Waals surface area contributed by atoms with Gasteiger partial charge in [-0.25, -0.2) is 0 Å². The number of nitrogens with zero attached hydrogens (tertiary/aromatic N) is 1. The van der Waals surface area contributed by atoms with Crippen molar-refractivity contribution in [2.75, 3.05) is 32.6 Å². The summed E-state index contributed by atoms with van der Waals surface area (Å²) in [4.78, 5) is 0. The first kappa shape index (κ1) is 27.2. The van der Waals surface area contributed by atoms with Crippen LogP contribution in [0, 0.1) is 0 Å². The lowest BCUT2D eigenvalue weighted by molar-refractivity contribution is -0.910. The Labute approximate surface area is 178 Å². The lowest BCUT2D eigenvalue weighted by Gasteiger charge is -2.35. The minimum Gasteiger partial charge on any atom is -0.326 e. The number of halogens is 1. The van der Waals surface area contributed by atoms with Crippen LogP contribution in [-0.4, -0.2) is 37.0 Å². The van der Waals surface area contributed by atoms with Crippen molar-refractivity contribution >= 4 is 11.6 Å². The van der Waals surface area contributed by atoms with E-state index in [1.54, 1.807) is 0 Å². The second-order valence-electron chi connectivity index (χ2n) is 9.14. The van der Waals surface area contributed by atoms with Crippen LogP contribution in [0.2, 0.25) is 0 Å². The molecule has 0 atom stereocenters. The van der Waals surface area contributed by atoms with Crippen LogP contribution in [-0.2, 0) is 0 Å². The first-order valence-electron chi connectivity index (χ1n) is 12.6. The maximum atomic E-state index is 5.92. The summed E-state index contributed by atoms with van der Waals surface area (Å²) >= 11 is 5.92. The zero-order valence-electron chi connectivity index (χ0n) is 19.4. The Morgan fingerprint density at radius 1 is 0.444 bits per heavy atom. The van der Waals surface area contributed by atoms with Gasteiger partial charge >= 0.3 is 0 Å². The minimum atomic E-state index is 0.829. The molecule has 0 bridgehead atoms. The first-order valence-corrected chi connectivity index (χ1v) is 13.1. The summed E-state index contributed by atoms with van der Waals surface area (Å²) in [6, 6.07) is 0. The van der Waals surface area contributed by atoms with Crippen molar-refractivity contribution in [3.8, 4) is 0 Å². The normalized spacial score (nSPS) is 12.0. The van der Waals surface area contributed by atoms with E-state index in [0.717, 1.165) is 5.88 Å². The molecule has 0 saturated heterocycles. The Balaban J connectivity index is 3.87. The lowest BCUT2D eigenvalue weighted by atomic mass is 10.1. The predicted molar refractivity (Wildman–Crippen MR) is 126 cm³/mol. The molecule has 0 saturated carbocycles. The summed E-state index contributed by atoms with van der Waals surface area (Å²) in [5, 5.41) is 0. The van der Waals surface area contributed by atoms with E-state index in [1.807, 2.05) is 0 Å². The van der Waals surface area contributed by atoms with Crippen molar-refractivity contribution in [2.24, 2.45) is 0 Å². The summed E-state index contributed by atoms with van der Waals surface area (Å²) in [7, 11) is 2.51. The van der Waals surface area contributed by atoms with Crippen molar-refractivity contribution in [3.05, 3.63) is 0 Å². The topological polar surface area (TPSA) is 0 Å². The van der Waals surface area contributed by atoms with Crippen molar-refractivity contribution in [2.45, 2.75) is 129 Å². The van der Waals surface area contributed by atoms with Gasteiger partial charge in [-0.15, -0.1) is 11.6 Å². The quantitative estimate of drug-likeness (QED) is 0.0963. The second kappa shape index (κ2) is 21.0. The monoisotopic (exact) mass is 402 g/mol. The summed E-state index contributed by atoms with van der Waals surface area (Å²) < 4.78 is 1.29. The van der Waals surface area contributed by atoms with Crippen LogP contribution >= 0.6 is 11.6 Å². The van der Waals surface area contributed by atoms with Gasteiger partial charge in [-0.05, 0) is 38.5 Å². The molecule has 0 heterocycles. The molecule has 0 spiro atoms. The van der Waals surface area contributed by atoms with Gasteiger partial charge in [0.1, 0.15) is 0 Å². The number of hydrogen-bond acceptors (Lipinski definition) is 0. The van der Waals surface area contributed by atoms with E-state index < -0.39 is 0 Å². The highest BCUT2D eigenvalue weighted by atomic mass is 35.5. The van der Waals surface area contributed by atoms with Gasteiger partial charge in [-0.2, -0.15) is 0 Å². The van der Waals surface area contributed by atoms with Crippen LogP contribution in [0.1, 0.15) is 129 Å². The Morgan fingerprint density at radius 3 is 1.07 bits per heavy atom. The van der Waals surface area contributed by atoms with Crippen molar-refractivity contribution in [3.63, 3.8) is 0 Å². The predicted octanol–water partition coefficient (Wildman–Crippen LogP) is 8.73. The van der Waals surface area contributed by atoms with E-state index in [0.29, 0.717) is 0 Å². The average Bonchev–Trinajstić information content (AvgIpc) is 2.66. The molecule has 0 aliphatic heterocycles. The molecule has 0 aliphatic carbocycles. The van der Waals surface area contributed by atoms with Crippen molar-refractivity contribution < 1.29 is 4.48 Å². The highest BCUT2D eigenvalue weighted by Crippen LogP contribution is 2.16. The molecule has 2 heteroatoms. The first-order chi connectivity index (χ1) is 13.2. The highest BCUT2D eigenvalue weighted by molar-refractivity contribution is 6.17. The number of unbranched alkanes of at least 4 members (excludes halogenated alkanes) is 15. The van der Waals surface area contributed by atoms with E-state index in [1.165, 1.54) is 140 Å². The van der Waals surface area contributed by atoms with Crippen LogP contribution in [0.25, 0.3) is 0 Å². The van der Waals surface area contributed by atoms with Crippen molar-refractivity contribution in [1.29, 1.82) is 0 Å². The average molecular weight is 403 g/mol. The van der Waals surface area contributed by atoms with E-state index in [2.05, 4.69) is 20.9 Å². The number of alkyl halides is 1. The van der Waals surface area contributed by atoms with E-state index in [4.69, 9.17) is 11.6 Å². The molecule has 0 aromatic carbocycles. The van der Waals surface area contributed by atoms with E-state index in [9.17, 15) is 0 Å². The third kappa shape index (κ3) is 19.3. The van der Waals surface area contributed by atoms with Gasteiger partial charge in [0, 0.05) is 5.88 Å². The molecule has 164 valence electrons. The Morgan fingerprint density at radius 2 is 0.741 bits per heavy atom. The second-order valence-corrected chi connectivity index (χ2v) is 9.51. The number of rotatable bonds is 22. The highest BCUT2D eigenvalue weighted by Gasteiger charge is 2.20. The fourth-order valence-electron chi connectivity index (χ4n) is 4.18. The molecule has 0 fully saturated rings. The lowest BCUT2D eigenvalue weighted by Crippen LogP contribution is -2.46. The summed E-state index contributed by atoms with van der Waals surface area (Å²) in [6.45, 7) is 8.70. The van der Waals surface area contributed by atoms with Gasteiger partial charge in [-0.3, -0.25) is 0 Å². The van der Waals surface area contributed by atoms with Gasteiger partial charge < -0.3 is 4.48 Å². The molecule has 0 aromatic rings. The maximum absolute atomic E-state index is 5.92. The minimum absolute atomic E-state index is 0.829. The number of quaternary nitrogens is 1. The summed E-state index contributed by atoms with van der Waals surface area (Å²) in [5.74, 6) is 0.829. The third-order valence-corrected chi connectivity index (χ3v) is 6.45. The van der Waals surface area contributed by atoms with Gasteiger partial charge in [-0.1, -0.05) is 90.9 Å². The largest absolute Gasteiger partial charge is 0.326 e.